The van der Waals surface area contributed by atoms with Crippen molar-refractivity contribution in [3.63, 3.8) is 0 Å². The highest BCUT2D eigenvalue weighted by molar-refractivity contribution is 7.89. The van der Waals surface area contributed by atoms with E-state index in [-0.39, 0.29) is 21.1 Å². The fourth-order valence-corrected chi connectivity index (χ4v) is 6.92. The second-order valence-corrected chi connectivity index (χ2v) is 10.8. The Morgan fingerprint density at radius 2 is 1.75 bits per heavy atom. The van der Waals surface area contributed by atoms with Gasteiger partial charge in [0.05, 0.1) is 20.3 Å². The molecule has 1 aromatic heterocycles. The molecular formula is C22H28N2O6S2. The molecule has 0 bridgehead atoms. The molecule has 0 atom stereocenters. The Labute approximate surface area is 192 Å². The molecular weight excluding hydrogens is 452 g/mol. The minimum Gasteiger partial charge on any atom is -0.497 e. The second-order valence-electron chi connectivity index (χ2n) is 7.93. The summed E-state index contributed by atoms with van der Waals surface area (Å²) in [6.07, 6.45) is 1.53. The summed E-state index contributed by atoms with van der Waals surface area (Å²) in [6, 6.07) is 9.39. The van der Waals surface area contributed by atoms with Crippen molar-refractivity contribution in [2.75, 3.05) is 53.2 Å². The average Bonchev–Trinajstić information content (AvgIpc) is 3.35. The number of ether oxygens (including phenoxy) is 3. The third kappa shape index (κ3) is 4.69. The van der Waals surface area contributed by atoms with Crippen molar-refractivity contribution in [3.05, 3.63) is 46.2 Å². The number of morpholine rings is 1. The Kier molecular flexibility index (Phi) is 7.16. The highest BCUT2D eigenvalue weighted by atomic mass is 32.2. The van der Waals surface area contributed by atoms with Crippen molar-refractivity contribution >= 4 is 27.3 Å². The summed E-state index contributed by atoms with van der Waals surface area (Å²) >= 11 is 1.14. The number of methoxy groups -OCH3 is 1. The van der Waals surface area contributed by atoms with E-state index >= 15 is 0 Å². The Morgan fingerprint density at radius 3 is 2.41 bits per heavy atom. The fraction of sp³-hybridized carbons (Fsp3) is 0.500. The van der Waals surface area contributed by atoms with Crippen LogP contribution in [0.3, 0.4) is 0 Å². The minimum atomic E-state index is -3.74. The third-order valence-corrected chi connectivity index (χ3v) is 9.15. The zero-order valence-electron chi connectivity index (χ0n) is 18.0. The van der Waals surface area contributed by atoms with Gasteiger partial charge in [0.25, 0.3) is 5.91 Å². The molecule has 2 saturated heterocycles. The van der Waals surface area contributed by atoms with E-state index in [0.29, 0.717) is 46.1 Å². The van der Waals surface area contributed by atoms with Gasteiger partial charge >= 0.3 is 0 Å². The highest BCUT2D eigenvalue weighted by Crippen LogP contribution is 2.35. The molecule has 0 spiro atoms. The number of hydrogen-bond acceptors (Lipinski definition) is 7. The summed E-state index contributed by atoms with van der Waals surface area (Å²) in [5.74, 6) is 0.405. The number of benzene rings is 1. The summed E-state index contributed by atoms with van der Waals surface area (Å²) < 4.78 is 43.7. The molecule has 8 nitrogen and oxygen atoms in total. The molecule has 10 heteroatoms. The van der Waals surface area contributed by atoms with Gasteiger partial charge in [-0.2, -0.15) is 4.31 Å². The standard InChI is InChI=1S/C22H28N2O6S2/c1-28-18-4-2-17(3-5-18)22(7-11-29-12-8-22)16-23-21(25)20-19(6-15-31-20)32(26,27)24-9-13-30-14-10-24/h2-6,15H,7-14,16H2,1H3,(H,23,25). The molecule has 2 aliphatic heterocycles. The lowest BCUT2D eigenvalue weighted by Crippen LogP contribution is -2.45. The van der Waals surface area contributed by atoms with Crippen LogP contribution < -0.4 is 10.1 Å². The van der Waals surface area contributed by atoms with Crippen molar-refractivity contribution in [3.8, 4) is 5.75 Å². The molecule has 0 aliphatic carbocycles. The maximum atomic E-state index is 13.1. The number of carbonyl (C=O) groups excluding carboxylic acids is 1. The molecule has 2 aliphatic rings. The largest absolute Gasteiger partial charge is 0.497 e. The van der Waals surface area contributed by atoms with E-state index in [0.717, 1.165) is 35.5 Å². The highest BCUT2D eigenvalue weighted by Gasteiger charge is 2.36. The first-order chi connectivity index (χ1) is 15.5. The first kappa shape index (κ1) is 23.2. The summed E-state index contributed by atoms with van der Waals surface area (Å²) in [7, 11) is -2.12. The van der Waals surface area contributed by atoms with Crippen LogP contribution in [0.25, 0.3) is 0 Å². The molecule has 32 heavy (non-hydrogen) atoms. The van der Waals surface area contributed by atoms with E-state index < -0.39 is 10.0 Å². The lowest BCUT2D eigenvalue weighted by Gasteiger charge is -2.38. The number of rotatable bonds is 7. The van der Waals surface area contributed by atoms with Crippen molar-refractivity contribution in [2.45, 2.75) is 23.2 Å². The van der Waals surface area contributed by atoms with Crippen molar-refractivity contribution in [2.24, 2.45) is 0 Å². The quantitative estimate of drug-likeness (QED) is 0.653. The van der Waals surface area contributed by atoms with Crippen LogP contribution in [0, 0.1) is 0 Å². The summed E-state index contributed by atoms with van der Waals surface area (Å²) in [6.45, 7) is 2.92. The van der Waals surface area contributed by atoms with Gasteiger partial charge in [-0.05, 0) is 42.0 Å². The molecule has 174 valence electrons. The average molecular weight is 481 g/mol. The zero-order valence-corrected chi connectivity index (χ0v) is 19.7. The molecule has 1 aromatic carbocycles. The molecule has 4 rings (SSSR count). The number of nitrogens with zero attached hydrogens (tertiary/aromatic N) is 1. The summed E-state index contributed by atoms with van der Waals surface area (Å²) in [4.78, 5) is 13.4. The third-order valence-electron chi connectivity index (χ3n) is 6.16. The van der Waals surface area contributed by atoms with E-state index in [1.807, 2.05) is 24.3 Å². The number of amides is 1. The van der Waals surface area contributed by atoms with Crippen molar-refractivity contribution < 1.29 is 27.4 Å². The number of sulfonamides is 1. The minimum absolute atomic E-state index is 0.0624. The van der Waals surface area contributed by atoms with Gasteiger partial charge in [0.1, 0.15) is 15.5 Å². The Hall–Kier alpha value is -1.98. The van der Waals surface area contributed by atoms with Crippen molar-refractivity contribution in [1.29, 1.82) is 0 Å². The zero-order chi connectivity index (χ0) is 22.6. The first-order valence-corrected chi connectivity index (χ1v) is 12.9. The maximum absolute atomic E-state index is 13.1. The van der Waals surface area contributed by atoms with Crippen LogP contribution in [-0.2, 0) is 24.9 Å². The van der Waals surface area contributed by atoms with Crippen LogP contribution in [0.5, 0.6) is 5.75 Å². The van der Waals surface area contributed by atoms with Crippen LogP contribution in [-0.4, -0.2) is 71.8 Å². The topological polar surface area (TPSA) is 94.2 Å². The summed E-state index contributed by atoms with van der Waals surface area (Å²) in [5.41, 5.74) is 0.829. The van der Waals surface area contributed by atoms with Crippen LogP contribution in [0.15, 0.2) is 40.6 Å². The molecule has 1 N–H and O–H groups in total. The van der Waals surface area contributed by atoms with Gasteiger partial charge in [-0.15, -0.1) is 11.3 Å². The molecule has 0 saturated carbocycles. The van der Waals surface area contributed by atoms with E-state index in [4.69, 9.17) is 14.2 Å². The van der Waals surface area contributed by atoms with E-state index in [1.165, 1.54) is 10.4 Å². The molecule has 2 aromatic rings. The Bertz CT molecular complexity index is 1020. The van der Waals surface area contributed by atoms with Crippen LogP contribution in [0.4, 0.5) is 0 Å². The van der Waals surface area contributed by atoms with Crippen LogP contribution in [0.1, 0.15) is 28.1 Å². The summed E-state index contributed by atoms with van der Waals surface area (Å²) in [5, 5.41) is 4.66. The Morgan fingerprint density at radius 1 is 1.09 bits per heavy atom. The molecule has 3 heterocycles. The smallest absolute Gasteiger partial charge is 0.262 e. The van der Waals surface area contributed by atoms with E-state index in [1.54, 1.807) is 12.5 Å². The fourth-order valence-electron chi connectivity index (χ4n) is 4.20. The Balaban J connectivity index is 1.53. The number of thiophene rings is 1. The molecule has 0 radical (unpaired) electrons. The van der Waals surface area contributed by atoms with E-state index in [9.17, 15) is 13.2 Å². The van der Waals surface area contributed by atoms with Gasteiger partial charge < -0.3 is 19.5 Å². The normalized spacial score (nSPS) is 19.4. The predicted molar refractivity (Wildman–Crippen MR) is 121 cm³/mol. The van der Waals surface area contributed by atoms with Gasteiger partial charge in [-0.3, -0.25) is 4.79 Å². The lowest BCUT2D eigenvalue weighted by molar-refractivity contribution is 0.0487. The lowest BCUT2D eigenvalue weighted by atomic mass is 9.74. The first-order valence-electron chi connectivity index (χ1n) is 10.6. The van der Waals surface area contributed by atoms with Crippen LogP contribution >= 0.6 is 11.3 Å². The molecule has 1 amide bonds. The van der Waals surface area contributed by atoms with Gasteiger partial charge in [0.15, 0.2) is 0 Å². The van der Waals surface area contributed by atoms with E-state index in [2.05, 4.69) is 5.32 Å². The number of carbonyl (C=O) groups is 1. The second kappa shape index (κ2) is 9.88. The molecule has 2 fully saturated rings. The van der Waals surface area contributed by atoms with Crippen LogP contribution in [0.2, 0.25) is 0 Å². The van der Waals surface area contributed by atoms with Gasteiger partial charge in [-0.25, -0.2) is 8.42 Å². The maximum Gasteiger partial charge on any atom is 0.262 e. The number of nitrogens with one attached hydrogen (secondary N) is 1. The molecule has 0 unspecified atom stereocenters. The van der Waals surface area contributed by atoms with Gasteiger partial charge in [0, 0.05) is 38.3 Å². The SMILES string of the molecule is COc1ccc(C2(CNC(=O)c3sccc3S(=O)(=O)N3CCOCC3)CCOCC2)cc1. The monoisotopic (exact) mass is 480 g/mol. The van der Waals surface area contributed by atoms with Crippen molar-refractivity contribution in [1.82, 2.24) is 9.62 Å². The predicted octanol–water partition coefficient (Wildman–Crippen LogP) is 2.26. The number of hydrogen-bond donors (Lipinski definition) is 1. The van der Waals surface area contributed by atoms with Gasteiger partial charge in [0.2, 0.25) is 10.0 Å². The van der Waals surface area contributed by atoms with Gasteiger partial charge in [-0.1, -0.05) is 12.1 Å².